The number of hydrogen-bond acceptors (Lipinski definition) is 1. The molecule has 0 aliphatic heterocycles. The fourth-order valence-corrected chi connectivity index (χ4v) is 6.22. The molecule has 0 saturated heterocycles. The van der Waals surface area contributed by atoms with Crippen LogP contribution >= 0.6 is 11.6 Å². The molecular formula is C31H18ClFO. The van der Waals surface area contributed by atoms with E-state index in [1.54, 1.807) is 6.07 Å². The highest BCUT2D eigenvalue weighted by Crippen LogP contribution is 2.63. The van der Waals surface area contributed by atoms with Gasteiger partial charge in [0.1, 0.15) is 11.6 Å². The SMILES string of the molecule is Oc1cc2c(cc1-c1cc(Cl)ccc1F)-c1ccccc1C21c2ccccc2-c2ccccc21. The van der Waals surface area contributed by atoms with Gasteiger partial charge >= 0.3 is 0 Å². The van der Waals surface area contributed by atoms with Crippen molar-refractivity contribution in [1.82, 2.24) is 0 Å². The van der Waals surface area contributed by atoms with E-state index >= 15 is 0 Å². The zero-order valence-corrected chi connectivity index (χ0v) is 18.8. The first kappa shape index (κ1) is 19.6. The number of phenolic OH excluding ortho intramolecular Hbond substituents is 1. The maximum absolute atomic E-state index is 14.8. The topological polar surface area (TPSA) is 20.2 Å². The largest absolute Gasteiger partial charge is 0.507 e. The maximum atomic E-state index is 14.8. The van der Waals surface area contributed by atoms with E-state index in [4.69, 9.17) is 11.6 Å². The number of phenols is 1. The summed E-state index contributed by atoms with van der Waals surface area (Å²) in [6, 6.07) is 33.5. The van der Waals surface area contributed by atoms with Crippen molar-refractivity contribution in [1.29, 1.82) is 0 Å². The van der Waals surface area contributed by atoms with Gasteiger partial charge in [-0.05, 0) is 74.8 Å². The Labute approximate surface area is 201 Å². The predicted molar refractivity (Wildman–Crippen MR) is 135 cm³/mol. The van der Waals surface area contributed by atoms with E-state index in [2.05, 4.69) is 66.7 Å². The van der Waals surface area contributed by atoms with Crippen molar-refractivity contribution in [3.8, 4) is 39.1 Å². The van der Waals surface area contributed by atoms with Crippen molar-refractivity contribution in [2.75, 3.05) is 0 Å². The molecule has 0 radical (unpaired) electrons. The summed E-state index contributed by atoms with van der Waals surface area (Å²) in [5.74, 6) is -0.383. The van der Waals surface area contributed by atoms with Crippen LogP contribution in [0.15, 0.2) is 103 Å². The van der Waals surface area contributed by atoms with Crippen molar-refractivity contribution in [2.24, 2.45) is 0 Å². The van der Waals surface area contributed by atoms with Gasteiger partial charge in [-0.25, -0.2) is 4.39 Å². The van der Waals surface area contributed by atoms with Crippen molar-refractivity contribution in [3.63, 3.8) is 0 Å². The van der Waals surface area contributed by atoms with Gasteiger partial charge in [-0.2, -0.15) is 0 Å². The smallest absolute Gasteiger partial charge is 0.131 e. The monoisotopic (exact) mass is 460 g/mol. The summed E-state index contributed by atoms with van der Waals surface area (Å²) < 4.78 is 14.8. The molecule has 0 heterocycles. The van der Waals surface area contributed by atoms with Crippen molar-refractivity contribution in [3.05, 3.63) is 136 Å². The average Bonchev–Trinajstić information content (AvgIpc) is 3.32. The summed E-state index contributed by atoms with van der Waals surface area (Å²) >= 11 is 6.18. The molecule has 162 valence electrons. The first-order chi connectivity index (χ1) is 16.6. The van der Waals surface area contributed by atoms with Crippen LogP contribution in [0.3, 0.4) is 0 Å². The minimum Gasteiger partial charge on any atom is -0.507 e. The third kappa shape index (κ3) is 2.33. The first-order valence-electron chi connectivity index (χ1n) is 11.2. The van der Waals surface area contributed by atoms with Crippen LogP contribution in [0.2, 0.25) is 5.02 Å². The van der Waals surface area contributed by atoms with Crippen molar-refractivity contribution < 1.29 is 9.50 Å². The third-order valence-corrected chi connectivity index (χ3v) is 7.57. The lowest BCUT2D eigenvalue weighted by Gasteiger charge is -2.30. The molecule has 2 aliphatic rings. The lowest BCUT2D eigenvalue weighted by Crippen LogP contribution is -2.25. The molecule has 2 aliphatic carbocycles. The van der Waals surface area contributed by atoms with Crippen LogP contribution in [-0.4, -0.2) is 5.11 Å². The second kappa shape index (κ2) is 6.82. The molecule has 0 unspecified atom stereocenters. The highest BCUT2D eigenvalue weighted by atomic mass is 35.5. The molecule has 1 N–H and O–H groups in total. The second-order valence-electron chi connectivity index (χ2n) is 8.93. The molecule has 0 fully saturated rings. The molecule has 0 amide bonds. The molecule has 1 spiro atoms. The highest BCUT2D eigenvalue weighted by Gasteiger charge is 2.51. The molecule has 7 rings (SSSR count). The number of benzene rings is 5. The van der Waals surface area contributed by atoms with Crippen LogP contribution in [0.25, 0.3) is 33.4 Å². The highest BCUT2D eigenvalue weighted by molar-refractivity contribution is 6.30. The quantitative estimate of drug-likeness (QED) is 0.262. The number of halogens is 2. The minimum atomic E-state index is -0.540. The number of hydrogen-bond donors (Lipinski definition) is 1. The van der Waals surface area contributed by atoms with Gasteiger partial charge in [0.25, 0.3) is 0 Å². The van der Waals surface area contributed by atoms with Gasteiger partial charge < -0.3 is 5.11 Å². The lowest BCUT2D eigenvalue weighted by molar-refractivity contribution is 0.475. The van der Waals surface area contributed by atoms with Crippen LogP contribution in [0.4, 0.5) is 4.39 Å². The third-order valence-electron chi connectivity index (χ3n) is 7.33. The summed E-state index contributed by atoms with van der Waals surface area (Å²) in [5, 5.41) is 11.7. The van der Waals surface area contributed by atoms with Gasteiger partial charge in [0.05, 0.1) is 5.41 Å². The fraction of sp³-hybridized carbons (Fsp3) is 0.0323. The van der Waals surface area contributed by atoms with Gasteiger partial charge in [-0.1, -0.05) is 84.4 Å². The van der Waals surface area contributed by atoms with Crippen molar-refractivity contribution >= 4 is 11.6 Å². The molecule has 1 nitrogen and oxygen atoms in total. The maximum Gasteiger partial charge on any atom is 0.131 e. The Balaban J connectivity index is 1.62. The first-order valence-corrected chi connectivity index (χ1v) is 11.6. The van der Waals surface area contributed by atoms with Gasteiger partial charge in [0, 0.05) is 16.1 Å². The Bertz CT molecular complexity index is 1610. The molecule has 0 atom stereocenters. The van der Waals surface area contributed by atoms with E-state index in [-0.39, 0.29) is 5.75 Å². The Morgan fingerprint density at radius 1 is 0.529 bits per heavy atom. The number of rotatable bonds is 1. The van der Waals surface area contributed by atoms with Gasteiger partial charge in [0.2, 0.25) is 0 Å². The lowest BCUT2D eigenvalue weighted by atomic mass is 9.70. The molecule has 3 heteroatoms. The summed E-state index contributed by atoms with van der Waals surface area (Å²) in [7, 11) is 0. The number of fused-ring (bicyclic) bond motifs is 10. The van der Waals surface area contributed by atoms with E-state index in [9.17, 15) is 9.50 Å². The standard InChI is InChI=1S/C31H18ClFO/c32-18-13-14-29(33)23(15-18)24-16-22-21-9-3-6-12-27(21)31(28(22)17-30(24)34)25-10-4-1-7-19(25)20-8-2-5-11-26(20)31/h1-17,34H. The van der Waals surface area contributed by atoms with E-state index in [0.717, 1.165) is 16.7 Å². The summed E-state index contributed by atoms with van der Waals surface area (Å²) in [6.45, 7) is 0. The minimum absolute atomic E-state index is 0.0361. The fourth-order valence-electron chi connectivity index (χ4n) is 6.05. The average molecular weight is 461 g/mol. The predicted octanol–water partition coefficient (Wildman–Crippen LogP) is 8.20. The van der Waals surface area contributed by atoms with Crippen LogP contribution in [-0.2, 0) is 5.41 Å². The summed E-state index contributed by atoms with van der Waals surface area (Å²) in [5.41, 5.74) is 9.25. The molecular weight excluding hydrogens is 443 g/mol. The Hall–Kier alpha value is -3.88. The van der Waals surface area contributed by atoms with Gasteiger partial charge in [0.15, 0.2) is 0 Å². The summed E-state index contributed by atoms with van der Waals surface area (Å²) in [6.07, 6.45) is 0. The second-order valence-corrected chi connectivity index (χ2v) is 9.36. The normalized spacial score (nSPS) is 13.9. The Morgan fingerprint density at radius 3 is 1.65 bits per heavy atom. The molecule has 0 aromatic heterocycles. The van der Waals surface area contributed by atoms with Gasteiger partial charge in [-0.3, -0.25) is 0 Å². The molecule has 5 aromatic carbocycles. The molecule has 5 aromatic rings. The van der Waals surface area contributed by atoms with Crippen LogP contribution in [0, 0.1) is 5.82 Å². The zero-order chi connectivity index (χ0) is 23.0. The van der Waals surface area contributed by atoms with E-state index in [0.29, 0.717) is 16.1 Å². The van der Waals surface area contributed by atoms with Crippen LogP contribution in [0.5, 0.6) is 5.75 Å². The molecule has 34 heavy (non-hydrogen) atoms. The van der Waals surface area contributed by atoms with Gasteiger partial charge in [-0.15, -0.1) is 0 Å². The Morgan fingerprint density at radius 2 is 1.06 bits per heavy atom. The summed E-state index contributed by atoms with van der Waals surface area (Å²) in [4.78, 5) is 0. The van der Waals surface area contributed by atoms with Crippen LogP contribution in [0.1, 0.15) is 22.3 Å². The molecule has 0 bridgehead atoms. The van der Waals surface area contributed by atoms with Crippen molar-refractivity contribution in [2.45, 2.75) is 5.41 Å². The van der Waals surface area contributed by atoms with E-state index < -0.39 is 11.2 Å². The Kier molecular flexibility index (Phi) is 3.92. The van der Waals surface area contributed by atoms with Crippen LogP contribution < -0.4 is 0 Å². The van der Waals surface area contributed by atoms with E-state index in [1.165, 1.54) is 39.9 Å². The number of aromatic hydroxyl groups is 1. The molecule has 0 saturated carbocycles. The zero-order valence-electron chi connectivity index (χ0n) is 18.0. The van der Waals surface area contributed by atoms with E-state index in [1.807, 2.05) is 18.2 Å².